The van der Waals surface area contributed by atoms with Crippen molar-refractivity contribution in [2.45, 2.75) is 18.5 Å². The molecule has 0 spiro atoms. The molecule has 0 aromatic carbocycles. The van der Waals surface area contributed by atoms with Gasteiger partial charge in [-0.05, 0) is 0 Å². The number of carbonyl (C=O) groups excluding carboxylic acids is 2. The standard InChI is InChI=1S/C8H14O6/c1-12-5-6(3-9)14-8(13-2)7(11)4-10/h3-4,6-8,11H,5H2,1-2H3/t6?,7?,8-/m0/s1. The fourth-order valence-corrected chi connectivity index (χ4v) is 0.787. The first-order valence-corrected chi connectivity index (χ1v) is 3.95. The van der Waals surface area contributed by atoms with E-state index in [0.29, 0.717) is 6.29 Å². The van der Waals surface area contributed by atoms with E-state index in [2.05, 4.69) is 9.47 Å². The molecular weight excluding hydrogens is 192 g/mol. The molecular formula is C8H14O6. The monoisotopic (exact) mass is 206 g/mol. The number of methoxy groups -OCH3 is 2. The average molecular weight is 206 g/mol. The normalized spacial score (nSPS) is 17.1. The molecule has 6 heteroatoms. The van der Waals surface area contributed by atoms with Crippen molar-refractivity contribution in [2.75, 3.05) is 20.8 Å². The predicted molar refractivity (Wildman–Crippen MR) is 45.7 cm³/mol. The Kier molecular flexibility index (Phi) is 7.13. The fraction of sp³-hybridized carbons (Fsp3) is 0.750. The van der Waals surface area contributed by atoms with Crippen molar-refractivity contribution in [1.29, 1.82) is 0 Å². The van der Waals surface area contributed by atoms with Crippen LogP contribution in [0.2, 0.25) is 0 Å². The predicted octanol–water partition coefficient (Wildman–Crippen LogP) is -1.25. The summed E-state index contributed by atoms with van der Waals surface area (Å²) < 4.78 is 14.3. The molecule has 82 valence electrons. The van der Waals surface area contributed by atoms with Crippen LogP contribution < -0.4 is 0 Å². The van der Waals surface area contributed by atoms with Crippen LogP contribution in [0.15, 0.2) is 0 Å². The first-order valence-electron chi connectivity index (χ1n) is 3.95. The van der Waals surface area contributed by atoms with E-state index in [4.69, 9.17) is 9.84 Å². The molecule has 0 amide bonds. The van der Waals surface area contributed by atoms with Gasteiger partial charge in [0, 0.05) is 14.2 Å². The molecule has 0 fully saturated rings. The highest BCUT2D eigenvalue weighted by Crippen LogP contribution is 2.02. The quantitative estimate of drug-likeness (QED) is 0.394. The van der Waals surface area contributed by atoms with Gasteiger partial charge in [-0.15, -0.1) is 0 Å². The molecule has 0 saturated heterocycles. The van der Waals surface area contributed by atoms with Crippen molar-refractivity contribution in [3.8, 4) is 0 Å². The lowest BCUT2D eigenvalue weighted by Crippen LogP contribution is -2.37. The Morgan fingerprint density at radius 1 is 1.29 bits per heavy atom. The van der Waals surface area contributed by atoms with Crippen LogP contribution in [0.5, 0.6) is 0 Å². The minimum Gasteiger partial charge on any atom is -0.382 e. The second kappa shape index (κ2) is 7.57. The zero-order valence-electron chi connectivity index (χ0n) is 8.08. The summed E-state index contributed by atoms with van der Waals surface area (Å²) in [6, 6.07) is 0. The Morgan fingerprint density at radius 3 is 2.29 bits per heavy atom. The molecule has 0 aromatic rings. The smallest absolute Gasteiger partial charge is 0.190 e. The first kappa shape index (κ1) is 13.2. The van der Waals surface area contributed by atoms with Crippen molar-refractivity contribution in [2.24, 2.45) is 0 Å². The second-order valence-corrected chi connectivity index (χ2v) is 2.50. The lowest BCUT2D eigenvalue weighted by Gasteiger charge is -2.21. The van der Waals surface area contributed by atoms with Crippen molar-refractivity contribution in [3.63, 3.8) is 0 Å². The summed E-state index contributed by atoms with van der Waals surface area (Å²) in [4.78, 5) is 20.6. The van der Waals surface area contributed by atoms with E-state index in [-0.39, 0.29) is 12.9 Å². The third-order valence-corrected chi connectivity index (χ3v) is 1.44. The minimum absolute atomic E-state index is 0.0366. The second-order valence-electron chi connectivity index (χ2n) is 2.50. The van der Waals surface area contributed by atoms with Gasteiger partial charge in [0.25, 0.3) is 0 Å². The van der Waals surface area contributed by atoms with Crippen LogP contribution in [-0.4, -0.2) is 57.0 Å². The number of hydrogen-bond donors (Lipinski definition) is 1. The number of hydrogen-bond acceptors (Lipinski definition) is 6. The third kappa shape index (κ3) is 4.43. The molecule has 0 aliphatic heterocycles. The van der Waals surface area contributed by atoms with Crippen LogP contribution in [0, 0.1) is 0 Å². The van der Waals surface area contributed by atoms with Gasteiger partial charge in [-0.25, -0.2) is 0 Å². The van der Waals surface area contributed by atoms with Gasteiger partial charge in [-0.3, -0.25) is 0 Å². The molecule has 0 bridgehead atoms. The number of aldehydes is 2. The zero-order chi connectivity index (χ0) is 11.0. The van der Waals surface area contributed by atoms with Crippen LogP contribution in [0.25, 0.3) is 0 Å². The first-order chi connectivity index (χ1) is 6.69. The van der Waals surface area contributed by atoms with Crippen molar-refractivity contribution >= 4 is 12.6 Å². The van der Waals surface area contributed by atoms with E-state index in [0.717, 1.165) is 0 Å². The number of aliphatic hydroxyl groups excluding tert-OH is 1. The van der Waals surface area contributed by atoms with Gasteiger partial charge < -0.3 is 28.9 Å². The zero-order valence-corrected chi connectivity index (χ0v) is 8.08. The van der Waals surface area contributed by atoms with Gasteiger partial charge in [0.1, 0.15) is 6.10 Å². The van der Waals surface area contributed by atoms with E-state index < -0.39 is 18.5 Å². The topological polar surface area (TPSA) is 82.1 Å². The SMILES string of the molecule is COCC(C=O)O[C@H](OC)C(O)C=O. The van der Waals surface area contributed by atoms with Gasteiger partial charge in [-0.2, -0.15) is 0 Å². The van der Waals surface area contributed by atoms with Crippen molar-refractivity contribution < 1.29 is 28.9 Å². The molecule has 0 aliphatic carbocycles. The summed E-state index contributed by atoms with van der Waals surface area (Å²) in [6.45, 7) is 0.0366. The average Bonchev–Trinajstić information content (AvgIpc) is 2.23. The molecule has 0 saturated carbocycles. The Labute approximate surface area is 81.8 Å². The molecule has 0 aromatic heterocycles. The van der Waals surface area contributed by atoms with Crippen LogP contribution in [0.4, 0.5) is 0 Å². The summed E-state index contributed by atoms with van der Waals surface area (Å²) in [5.74, 6) is 0. The molecule has 2 unspecified atom stereocenters. The van der Waals surface area contributed by atoms with Crippen LogP contribution in [0.1, 0.15) is 0 Å². The van der Waals surface area contributed by atoms with Crippen molar-refractivity contribution in [1.82, 2.24) is 0 Å². The van der Waals surface area contributed by atoms with E-state index in [9.17, 15) is 9.59 Å². The highest BCUT2D eigenvalue weighted by molar-refractivity contribution is 5.57. The number of carbonyl (C=O) groups is 2. The van der Waals surface area contributed by atoms with Crippen LogP contribution in [0.3, 0.4) is 0 Å². The maximum absolute atomic E-state index is 10.4. The lowest BCUT2D eigenvalue weighted by atomic mass is 10.3. The number of ether oxygens (including phenoxy) is 3. The van der Waals surface area contributed by atoms with E-state index in [1.165, 1.54) is 14.2 Å². The summed E-state index contributed by atoms with van der Waals surface area (Å²) in [5.41, 5.74) is 0. The lowest BCUT2D eigenvalue weighted by molar-refractivity contribution is -0.202. The Morgan fingerprint density at radius 2 is 1.93 bits per heavy atom. The Bertz CT molecular complexity index is 171. The molecule has 6 nitrogen and oxygen atoms in total. The highest BCUT2D eigenvalue weighted by atomic mass is 16.7. The maximum atomic E-state index is 10.4. The molecule has 1 N–H and O–H groups in total. The van der Waals surface area contributed by atoms with Gasteiger partial charge in [-0.1, -0.05) is 0 Å². The van der Waals surface area contributed by atoms with Gasteiger partial charge in [0.2, 0.25) is 0 Å². The summed E-state index contributed by atoms with van der Waals surface area (Å²) in [7, 11) is 2.66. The molecule has 0 rings (SSSR count). The Hall–Kier alpha value is -0.820. The fourth-order valence-electron chi connectivity index (χ4n) is 0.787. The largest absolute Gasteiger partial charge is 0.382 e. The van der Waals surface area contributed by atoms with E-state index in [1.807, 2.05) is 0 Å². The maximum Gasteiger partial charge on any atom is 0.190 e. The number of rotatable bonds is 8. The summed E-state index contributed by atoms with van der Waals surface area (Å²) >= 11 is 0. The van der Waals surface area contributed by atoms with Crippen LogP contribution >= 0.6 is 0 Å². The van der Waals surface area contributed by atoms with Gasteiger partial charge in [0.05, 0.1) is 6.61 Å². The Balaban J connectivity index is 4.12. The summed E-state index contributed by atoms with van der Waals surface area (Å²) in [5, 5.41) is 9.06. The molecule has 3 atom stereocenters. The van der Waals surface area contributed by atoms with E-state index >= 15 is 0 Å². The number of aliphatic hydroxyl groups is 1. The van der Waals surface area contributed by atoms with Crippen molar-refractivity contribution in [3.05, 3.63) is 0 Å². The van der Waals surface area contributed by atoms with Gasteiger partial charge in [0.15, 0.2) is 25.0 Å². The third-order valence-electron chi connectivity index (χ3n) is 1.44. The molecule has 0 radical (unpaired) electrons. The summed E-state index contributed by atoms with van der Waals surface area (Å²) in [6.07, 6.45) is -2.66. The van der Waals surface area contributed by atoms with Gasteiger partial charge >= 0.3 is 0 Å². The van der Waals surface area contributed by atoms with Crippen LogP contribution in [-0.2, 0) is 23.8 Å². The molecule has 14 heavy (non-hydrogen) atoms. The highest BCUT2D eigenvalue weighted by Gasteiger charge is 2.22. The molecule has 0 aliphatic rings. The molecule has 0 heterocycles. The minimum atomic E-state index is -1.42. The van der Waals surface area contributed by atoms with E-state index in [1.54, 1.807) is 0 Å².